The average Bonchev–Trinajstić information content (AvgIpc) is 2.11. The lowest BCUT2D eigenvalue weighted by Gasteiger charge is -2.19. The van der Waals surface area contributed by atoms with Crippen LogP contribution in [-0.4, -0.2) is 23.7 Å². The van der Waals surface area contributed by atoms with E-state index in [0.717, 1.165) is 25.8 Å². The second kappa shape index (κ2) is 6.89. The molecule has 0 heterocycles. The van der Waals surface area contributed by atoms with Crippen LogP contribution in [0, 0.1) is 5.92 Å². The highest BCUT2D eigenvalue weighted by Gasteiger charge is 2.21. The highest BCUT2D eigenvalue weighted by molar-refractivity contribution is 5.73. The normalized spacial score (nSPS) is 15.3. The number of hydrogen-bond donors (Lipinski definition) is 2. The predicted octanol–water partition coefficient (Wildman–Crippen LogP) is 1.88. The Labute approximate surface area is 80.5 Å². The number of aliphatic carboxylic acids is 1. The van der Waals surface area contributed by atoms with Crippen LogP contribution < -0.4 is 5.32 Å². The van der Waals surface area contributed by atoms with Gasteiger partial charge in [0, 0.05) is 0 Å². The van der Waals surface area contributed by atoms with Gasteiger partial charge in [0.1, 0.15) is 6.04 Å². The molecule has 0 aliphatic rings. The van der Waals surface area contributed by atoms with E-state index in [1.54, 1.807) is 0 Å². The van der Waals surface area contributed by atoms with E-state index in [2.05, 4.69) is 12.2 Å². The molecule has 13 heavy (non-hydrogen) atoms. The number of hydrogen-bond acceptors (Lipinski definition) is 2. The summed E-state index contributed by atoms with van der Waals surface area (Å²) in [5.74, 6) is -0.528. The Morgan fingerprint density at radius 2 is 2.08 bits per heavy atom. The van der Waals surface area contributed by atoms with Gasteiger partial charge in [0.15, 0.2) is 0 Å². The maximum Gasteiger partial charge on any atom is 0.320 e. The first-order chi connectivity index (χ1) is 6.13. The van der Waals surface area contributed by atoms with Crippen molar-refractivity contribution in [3.63, 3.8) is 0 Å². The first-order valence-corrected chi connectivity index (χ1v) is 5.09. The Bertz CT molecular complexity index is 148. The zero-order valence-corrected chi connectivity index (χ0v) is 8.84. The van der Waals surface area contributed by atoms with E-state index in [1.807, 2.05) is 13.8 Å². The number of rotatable bonds is 7. The summed E-state index contributed by atoms with van der Waals surface area (Å²) in [6.45, 7) is 6.89. The van der Waals surface area contributed by atoms with Gasteiger partial charge in [0.05, 0.1) is 0 Å². The lowest BCUT2D eigenvalue weighted by molar-refractivity contribution is -0.140. The molecule has 3 nitrogen and oxygen atoms in total. The molecular formula is C10H21NO2. The minimum Gasteiger partial charge on any atom is -0.480 e. The van der Waals surface area contributed by atoms with E-state index in [4.69, 9.17) is 5.11 Å². The fourth-order valence-corrected chi connectivity index (χ4v) is 1.20. The third kappa shape index (κ3) is 4.88. The number of carboxylic acids is 1. The van der Waals surface area contributed by atoms with Gasteiger partial charge >= 0.3 is 5.97 Å². The standard InChI is InChI=1S/C10H21NO2/c1-4-6-7-11-9(10(12)13)8(3)5-2/h8-9,11H,4-7H2,1-3H3,(H,12,13)/t8-,9-/m0/s1. The van der Waals surface area contributed by atoms with E-state index in [9.17, 15) is 4.79 Å². The van der Waals surface area contributed by atoms with Crippen molar-refractivity contribution in [2.24, 2.45) is 5.92 Å². The molecule has 0 spiro atoms. The zero-order valence-electron chi connectivity index (χ0n) is 8.84. The van der Waals surface area contributed by atoms with Gasteiger partial charge in [-0.2, -0.15) is 0 Å². The van der Waals surface area contributed by atoms with Crippen molar-refractivity contribution in [3.05, 3.63) is 0 Å². The largest absolute Gasteiger partial charge is 0.480 e. The maximum atomic E-state index is 10.8. The van der Waals surface area contributed by atoms with E-state index >= 15 is 0 Å². The van der Waals surface area contributed by atoms with Crippen LogP contribution in [0.2, 0.25) is 0 Å². The number of unbranched alkanes of at least 4 members (excludes halogenated alkanes) is 1. The highest BCUT2D eigenvalue weighted by atomic mass is 16.4. The molecule has 0 saturated carbocycles. The van der Waals surface area contributed by atoms with Crippen LogP contribution in [0.4, 0.5) is 0 Å². The molecule has 0 unspecified atom stereocenters. The Morgan fingerprint density at radius 3 is 2.46 bits per heavy atom. The van der Waals surface area contributed by atoms with Crippen molar-refractivity contribution in [1.82, 2.24) is 5.32 Å². The SMILES string of the molecule is CCCCN[C@H](C(=O)O)[C@@H](C)CC. The molecular weight excluding hydrogens is 166 g/mol. The molecule has 0 aliphatic carbocycles. The van der Waals surface area contributed by atoms with Gasteiger partial charge in [0.25, 0.3) is 0 Å². The van der Waals surface area contributed by atoms with Crippen molar-refractivity contribution in [2.75, 3.05) is 6.54 Å². The van der Waals surface area contributed by atoms with E-state index in [0.29, 0.717) is 0 Å². The first kappa shape index (κ1) is 12.4. The molecule has 0 rings (SSSR count). The molecule has 0 radical (unpaired) electrons. The van der Waals surface area contributed by atoms with Crippen molar-refractivity contribution < 1.29 is 9.90 Å². The molecule has 0 amide bonds. The summed E-state index contributed by atoms with van der Waals surface area (Å²) in [6.07, 6.45) is 3.04. The fourth-order valence-electron chi connectivity index (χ4n) is 1.20. The van der Waals surface area contributed by atoms with Crippen LogP contribution in [0.5, 0.6) is 0 Å². The van der Waals surface area contributed by atoms with Crippen LogP contribution in [0.15, 0.2) is 0 Å². The Kier molecular flexibility index (Phi) is 6.59. The predicted molar refractivity (Wildman–Crippen MR) is 53.8 cm³/mol. The van der Waals surface area contributed by atoms with E-state index < -0.39 is 5.97 Å². The minimum atomic E-state index is -0.731. The summed E-state index contributed by atoms with van der Waals surface area (Å²) < 4.78 is 0. The lowest BCUT2D eigenvalue weighted by atomic mass is 9.99. The van der Waals surface area contributed by atoms with Crippen molar-refractivity contribution in [2.45, 2.75) is 46.1 Å². The minimum absolute atomic E-state index is 0.203. The summed E-state index contributed by atoms with van der Waals surface area (Å²) in [4.78, 5) is 10.8. The number of carbonyl (C=O) groups is 1. The zero-order chi connectivity index (χ0) is 10.3. The summed E-state index contributed by atoms with van der Waals surface area (Å²) >= 11 is 0. The maximum absolute atomic E-state index is 10.8. The molecule has 0 bridgehead atoms. The van der Waals surface area contributed by atoms with Crippen LogP contribution in [0.1, 0.15) is 40.0 Å². The molecule has 0 aromatic rings. The third-order valence-corrected chi connectivity index (χ3v) is 2.37. The molecule has 3 heteroatoms. The van der Waals surface area contributed by atoms with Gasteiger partial charge in [-0.25, -0.2) is 0 Å². The topological polar surface area (TPSA) is 49.3 Å². The summed E-state index contributed by atoms with van der Waals surface area (Å²) in [5.41, 5.74) is 0. The molecule has 2 N–H and O–H groups in total. The van der Waals surface area contributed by atoms with Crippen LogP contribution >= 0.6 is 0 Å². The number of nitrogens with one attached hydrogen (secondary N) is 1. The Hall–Kier alpha value is -0.570. The molecule has 0 fully saturated rings. The van der Waals surface area contributed by atoms with Crippen molar-refractivity contribution in [3.8, 4) is 0 Å². The van der Waals surface area contributed by atoms with Gasteiger partial charge in [0.2, 0.25) is 0 Å². The van der Waals surface area contributed by atoms with Gasteiger partial charge < -0.3 is 10.4 Å². The fraction of sp³-hybridized carbons (Fsp3) is 0.900. The smallest absolute Gasteiger partial charge is 0.320 e. The molecule has 0 aliphatic heterocycles. The van der Waals surface area contributed by atoms with Crippen molar-refractivity contribution in [1.29, 1.82) is 0 Å². The summed E-state index contributed by atoms with van der Waals surface area (Å²) in [5, 5.41) is 12.0. The van der Waals surface area contributed by atoms with Crippen molar-refractivity contribution >= 4 is 5.97 Å². The van der Waals surface area contributed by atoms with Crippen LogP contribution in [-0.2, 0) is 4.79 Å². The van der Waals surface area contributed by atoms with Gasteiger partial charge in [-0.1, -0.05) is 33.6 Å². The van der Waals surface area contributed by atoms with E-state index in [-0.39, 0.29) is 12.0 Å². The van der Waals surface area contributed by atoms with Gasteiger partial charge in [-0.3, -0.25) is 4.79 Å². The monoisotopic (exact) mass is 187 g/mol. The molecule has 78 valence electrons. The van der Waals surface area contributed by atoms with Crippen LogP contribution in [0.25, 0.3) is 0 Å². The highest BCUT2D eigenvalue weighted by Crippen LogP contribution is 2.07. The first-order valence-electron chi connectivity index (χ1n) is 5.09. The number of carboxylic acid groups (broad SMARTS) is 1. The molecule has 2 atom stereocenters. The lowest BCUT2D eigenvalue weighted by Crippen LogP contribution is -2.42. The second-order valence-corrected chi connectivity index (χ2v) is 3.51. The van der Waals surface area contributed by atoms with Gasteiger partial charge in [-0.05, 0) is 18.9 Å². The third-order valence-electron chi connectivity index (χ3n) is 2.37. The average molecular weight is 187 g/mol. The summed E-state index contributed by atoms with van der Waals surface area (Å²) in [7, 11) is 0. The quantitative estimate of drug-likeness (QED) is 0.598. The molecule has 0 aromatic carbocycles. The van der Waals surface area contributed by atoms with E-state index in [1.165, 1.54) is 0 Å². The van der Waals surface area contributed by atoms with Gasteiger partial charge in [-0.15, -0.1) is 0 Å². The molecule has 0 saturated heterocycles. The Balaban J connectivity index is 3.88. The Morgan fingerprint density at radius 1 is 1.46 bits per heavy atom. The summed E-state index contributed by atoms with van der Waals surface area (Å²) in [6, 6.07) is -0.378. The molecule has 0 aromatic heterocycles. The van der Waals surface area contributed by atoms with Crippen LogP contribution in [0.3, 0.4) is 0 Å². The second-order valence-electron chi connectivity index (χ2n) is 3.51.